The first-order valence-electron chi connectivity index (χ1n) is 9.86. The van der Waals surface area contributed by atoms with Crippen LogP contribution in [0.5, 0.6) is 0 Å². The summed E-state index contributed by atoms with van der Waals surface area (Å²) in [7, 11) is 0. The second kappa shape index (κ2) is 8.76. The number of aromatic amines is 1. The number of nitrogens with zero attached hydrogens (tertiary/aromatic N) is 1. The Morgan fingerprint density at radius 3 is 2.53 bits per heavy atom. The average Bonchev–Trinajstić information content (AvgIpc) is 3.21. The van der Waals surface area contributed by atoms with E-state index in [-0.39, 0.29) is 5.91 Å². The van der Waals surface area contributed by atoms with Crippen LogP contribution in [0.4, 0.5) is 0 Å². The predicted octanol–water partition coefficient (Wildman–Crippen LogP) is 4.48. The number of aliphatic hydroxyl groups excluding tert-OH is 1. The molecular formula is C25H23N3O2. The van der Waals surface area contributed by atoms with Crippen LogP contribution in [0, 0.1) is 0 Å². The van der Waals surface area contributed by atoms with E-state index in [9.17, 15) is 9.90 Å². The average molecular weight is 397 g/mol. The fourth-order valence-corrected chi connectivity index (χ4v) is 3.43. The van der Waals surface area contributed by atoms with Crippen LogP contribution in [0.25, 0.3) is 28.2 Å². The summed E-state index contributed by atoms with van der Waals surface area (Å²) in [5.74, 6) is -0.269. The van der Waals surface area contributed by atoms with E-state index in [0.717, 1.165) is 33.3 Å². The minimum Gasteiger partial charge on any atom is -0.386 e. The maximum atomic E-state index is 12.3. The summed E-state index contributed by atoms with van der Waals surface area (Å²) in [6.07, 6.45) is 6.09. The second-order valence-electron chi connectivity index (χ2n) is 7.22. The smallest absolute Gasteiger partial charge is 0.244 e. The standard InChI is InChI=1S/C25H23N3O2/c1-17(24(30)20-10-6-3-7-11-20)28-23(29)13-12-18-14-21-22(16-27-25(21)26-15-18)19-8-4-2-5-9-19/h2-17,24,30H,1H3,(H,26,27)(H,28,29)/b13-12+/t17-,24-/m1/s1. The lowest BCUT2D eigenvalue weighted by Gasteiger charge is -2.19. The number of rotatable bonds is 6. The van der Waals surface area contributed by atoms with Gasteiger partial charge in [0.05, 0.1) is 12.1 Å². The summed E-state index contributed by atoms with van der Waals surface area (Å²) < 4.78 is 0. The molecule has 2 aromatic carbocycles. The Balaban J connectivity index is 1.47. The molecular weight excluding hydrogens is 374 g/mol. The lowest BCUT2D eigenvalue weighted by molar-refractivity contribution is -0.117. The topological polar surface area (TPSA) is 78.0 Å². The summed E-state index contributed by atoms with van der Waals surface area (Å²) in [4.78, 5) is 20.0. The first kappa shape index (κ1) is 19.6. The number of aromatic nitrogens is 2. The van der Waals surface area contributed by atoms with Gasteiger partial charge in [-0.15, -0.1) is 0 Å². The van der Waals surface area contributed by atoms with Gasteiger partial charge >= 0.3 is 0 Å². The van der Waals surface area contributed by atoms with Gasteiger partial charge in [-0.3, -0.25) is 4.79 Å². The molecule has 0 aliphatic heterocycles. The lowest BCUT2D eigenvalue weighted by atomic mass is 10.0. The molecule has 0 fully saturated rings. The number of carbonyl (C=O) groups is 1. The third kappa shape index (κ3) is 4.31. The van der Waals surface area contributed by atoms with Crippen LogP contribution in [0.15, 0.2) is 85.2 Å². The van der Waals surface area contributed by atoms with Crippen molar-refractivity contribution in [2.45, 2.75) is 19.1 Å². The van der Waals surface area contributed by atoms with Gasteiger partial charge in [-0.2, -0.15) is 0 Å². The SMILES string of the molecule is C[C@@H](NC(=O)/C=C/c1cnc2[nH]cc(-c3ccccc3)c2c1)[C@@H](O)c1ccccc1. The molecule has 150 valence electrons. The molecule has 0 saturated heterocycles. The fraction of sp³-hybridized carbons (Fsp3) is 0.120. The zero-order chi connectivity index (χ0) is 20.9. The molecule has 2 atom stereocenters. The molecule has 0 unspecified atom stereocenters. The maximum Gasteiger partial charge on any atom is 0.244 e. The van der Waals surface area contributed by atoms with Crippen LogP contribution in [0.1, 0.15) is 24.2 Å². The number of H-pyrrole nitrogens is 1. The number of carbonyl (C=O) groups excluding carboxylic acids is 1. The van der Waals surface area contributed by atoms with E-state index in [1.807, 2.05) is 60.8 Å². The highest BCUT2D eigenvalue weighted by Gasteiger charge is 2.17. The quantitative estimate of drug-likeness (QED) is 0.420. The summed E-state index contributed by atoms with van der Waals surface area (Å²) in [6.45, 7) is 1.78. The normalized spacial score (nSPS) is 13.4. The van der Waals surface area contributed by atoms with Crippen molar-refractivity contribution < 1.29 is 9.90 Å². The molecule has 3 N–H and O–H groups in total. The number of pyridine rings is 1. The Kier molecular flexibility index (Phi) is 5.72. The van der Waals surface area contributed by atoms with Crippen molar-refractivity contribution >= 4 is 23.0 Å². The van der Waals surface area contributed by atoms with Crippen LogP contribution < -0.4 is 5.32 Å². The van der Waals surface area contributed by atoms with Gasteiger partial charge < -0.3 is 15.4 Å². The Morgan fingerprint density at radius 2 is 1.80 bits per heavy atom. The fourth-order valence-electron chi connectivity index (χ4n) is 3.43. The van der Waals surface area contributed by atoms with Crippen molar-refractivity contribution in [1.29, 1.82) is 0 Å². The highest BCUT2D eigenvalue weighted by molar-refractivity contribution is 5.96. The van der Waals surface area contributed by atoms with Crippen LogP contribution in [-0.4, -0.2) is 27.0 Å². The number of amides is 1. The third-order valence-electron chi connectivity index (χ3n) is 5.05. The van der Waals surface area contributed by atoms with Gasteiger partial charge in [0.1, 0.15) is 5.65 Å². The Hall–Kier alpha value is -3.70. The highest BCUT2D eigenvalue weighted by atomic mass is 16.3. The number of aliphatic hydroxyl groups is 1. The highest BCUT2D eigenvalue weighted by Crippen LogP contribution is 2.28. The Labute approximate surface area is 175 Å². The molecule has 30 heavy (non-hydrogen) atoms. The van der Waals surface area contributed by atoms with Gasteiger partial charge in [0, 0.05) is 29.4 Å². The van der Waals surface area contributed by atoms with E-state index in [4.69, 9.17) is 0 Å². The maximum absolute atomic E-state index is 12.3. The zero-order valence-corrected chi connectivity index (χ0v) is 16.6. The molecule has 0 bridgehead atoms. The van der Waals surface area contributed by atoms with Crippen LogP contribution in [0.3, 0.4) is 0 Å². The largest absolute Gasteiger partial charge is 0.386 e. The Morgan fingerprint density at radius 1 is 1.10 bits per heavy atom. The number of fused-ring (bicyclic) bond motifs is 1. The van der Waals surface area contributed by atoms with Gasteiger partial charge in [-0.25, -0.2) is 4.98 Å². The van der Waals surface area contributed by atoms with Crippen LogP contribution in [0.2, 0.25) is 0 Å². The molecule has 1 amide bonds. The van der Waals surface area contributed by atoms with Gasteiger partial charge in [0.2, 0.25) is 5.91 Å². The first-order chi connectivity index (χ1) is 14.6. The van der Waals surface area contributed by atoms with E-state index in [0.29, 0.717) is 0 Å². The molecule has 4 rings (SSSR count). The van der Waals surface area contributed by atoms with Gasteiger partial charge in [0.25, 0.3) is 0 Å². The second-order valence-corrected chi connectivity index (χ2v) is 7.22. The summed E-state index contributed by atoms with van der Waals surface area (Å²) in [5.41, 5.74) is 4.57. The van der Waals surface area contributed by atoms with E-state index >= 15 is 0 Å². The summed E-state index contributed by atoms with van der Waals surface area (Å²) in [6, 6.07) is 21.0. The van der Waals surface area contributed by atoms with Crippen molar-refractivity contribution in [1.82, 2.24) is 15.3 Å². The van der Waals surface area contributed by atoms with E-state index < -0.39 is 12.1 Å². The molecule has 0 radical (unpaired) electrons. The molecule has 4 aromatic rings. The van der Waals surface area contributed by atoms with Gasteiger partial charge in [-0.1, -0.05) is 60.7 Å². The lowest BCUT2D eigenvalue weighted by Crippen LogP contribution is -2.36. The van der Waals surface area contributed by atoms with Crippen molar-refractivity contribution in [2.75, 3.05) is 0 Å². The van der Waals surface area contributed by atoms with Crippen LogP contribution >= 0.6 is 0 Å². The minimum atomic E-state index is -0.769. The number of nitrogens with one attached hydrogen (secondary N) is 2. The molecule has 5 heteroatoms. The van der Waals surface area contributed by atoms with E-state index in [2.05, 4.69) is 27.4 Å². The van der Waals surface area contributed by atoms with Crippen molar-refractivity contribution in [2.24, 2.45) is 0 Å². The molecule has 2 heterocycles. The van der Waals surface area contributed by atoms with Crippen molar-refractivity contribution in [3.63, 3.8) is 0 Å². The minimum absolute atomic E-state index is 0.269. The molecule has 2 aromatic heterocycles. The number of hydrogen-bond donors (Lipinski definition) is 3. The number of hydrogen-bond acceptors (Lipinski definition) is 3. The van der Waals surface area contributed by atoms with Crippen molar-refractivity contribution in [3.8, 4) is 11.1 Å². The van der Waals surface area contributed by atoms with Crippen LogP contribution in [-0.2, 0) is 4.79 Å². The molecule has 0 spiro atoms. The van der Waals surface area contributed by atoms with Gasteiger partial charge in [-0.05, 0) is 35.8 Å². The van der Waals surface area contributed by atoms with E-state index in [1.165, 1.54) is 6.08 Å². The zero-order valence-electron chi connectivity index (χ0n) is 16.6. The third-order valence-corrected chi connectivity index (χ3v) is 5.05. The van der Waals surface area contributed by atoms with Crippen molar-refractivity contribution in [3.05, 3.63) is 96.3 Å². The molecule has 5 nitrogen and oxygen atoms in total. The molecule has 0 aliphatic carbocycles. The Bertz CT molecular complexity index is 1170. The molecule has 0 saturated carbocycles. The summed E-state index contributed by atoms with van der Waals surface area (Å²) in [5, 5.41) is 14.2. The first-order valence-corrected chi connectivity index (χ1v) is 9.86. The predicted molar refractivity (Wildman–Crippen MR) is 120 cm³/mol. The van der Waals surface area contributed by atoms with Gasteiger partial charge in [0.15, 0.2) is 0 Å². The van der Waals surface area contributed by atoms with E-state index in [1.54, 1.807) is 19.2 Å². The molecule has 0 aliphatic rings. The monoisotopic (exact) mass is 397 g/mol. The number of benzene rings is 2. The summed E-state index contributed by atoms with van der Waals surface area (Å²) >= 11 is 0.